The van der Waals surface area contributed by atoms with Gasteiger partial charge in [0, 0.05) is 12.6 Å². The molecule has 1 N–H and O–H groups in total. The number of hydrogen-bond acceptors (Lipinski definition) is 1. The molecule has 0 amide bonds. The van der Waals surface area contributed by atoms with Crippen molar-refractivity contribution >= 4 is 0 Å². The van der Waals surface area contributed by atoms with Crippen LogP contribution in [0.25, 0.3) is 0 Å². The van der Waals surface area contributed by atoms with Gasteiger partial charge in [-0.1, -0.05) is 13.3 Å². The van der Waals surface area contributed by atoms with Crippen LogP contribution in [0, 0.1) is 11.6 Å². The minimum absolute atomic E-state index is 0.516. The van der Waals surface area contributed by atoms with Crippen LogP contribution < -0.4 is 5.32 Å². The van der Waals surface area contributed by atoms with Gasteiger partial charge in [-0.05, 0) is 30.7 Å². The summed E-state index contributed by atoms with van der Waals surface area (Å²) in [6.07, 6.45) is 2.20. The van der Waals surface area contributed by atoms with Crippen LogP contribution in [0.4, 0.5) is 8.78 Å². The molecule has 0 unspecified atom stereocenters. The van der Waals surface area contributed by atoms with Gasteiger partial charge in [-0.15, -0.1) is 0 Å². The Morgan fingerprint density at radius 1 is 1.14 bits per heavy atom. The number of hydrogen-bond donors (Lipinski definition) is 1. The molecule has 0 aliphatic carbocycles. The normalized spacial score (nSPS) is 10.5. The zero-order valence-corrected chi connectivity index (χ0v) is 8.32. The van der Waals surface area contributed by atoms with Gasteiger partial charge in [0.05, 0.1) is 0 Å². The maximum atomic E-state index is 12.7. The largest absolute Gasteiger partial charge is 0.313 e. The van der Waals surface area contributed by atoms with Crippen LogP contribution in [0.5, 0.6) is 0 Å². The van der Waals surface area contributed by atoms with Crippen LogP contribution in [-0.2, 0) is 6.54 Å². The van der Waals surface area contributed by atoms with Crippen molar-refractivity contribution < 1.29 is 8.78 Å². The topological polar surface area (TPSA) is 12.0 Å². The molecule has 1 rings (SSSR count). The van der Waals surface area contributed by atoms with Gasteiger partial charge in [-0.2, -0.15) is 0 Å². The number of benzene rings is 1. The Labute approximate surface area is 83.1 Å². The molecule has 14 heavy (non-hydrogen) atoms. The molecule has 0 radical (unpaired) electrons. The van der Waals surface area contributed by atoms with E-state index in [1.54, 1.807) is 0 Å². The molecule has 0 aromatic heterocycles. The smallest absolute Gasteiger partial charge is 0.126 e. The van der Waals surface area contributed by atoms with Crippen molar-refractivity contribution in [3.63, 3.8) is 0 Å². The van der Waals surface area contributed by atoms with E-state index in [4.69, 9.17) is 0 Å². The highest BCUT2D eigenvalue weighted by Crippen LogP contribution is 2.07. The Morgan fingerprint density at radius 2 is 1.79 bits per heavy atom. The van der Waals surface area contributed by atoms with Crippen molar-refractivity contribution in [3.05, 3.63) is 35.4 Å². The van der Waals surface area contributed by atoms with Crippen molar-refractivity contribution in [1.29, 1.82) is 0 Å². The molecular weight excluding hydrogens is 184 g/mol. The first-order chi connectivity index (χ1) is 6.72. The molecule has 0 saturated carbocycles. The third-order valence-corrected chi connectivity index (χ3v) is 1.96. The maximum absolute atomic E-state index is 12.7. The molecule has 0 spiro atoms. The van der Waals surface area contributed by atoms with Crippen LogP contribution in [0.3, 0.4) is 0 Å². The van der Waals surface area contributed by atoms with Crippen LogP contribution in [0.15, 0.2) is 18.2 Å². The number of halogens is 2. The molecule has 0 heterocycles. The average molecular weight is 199 g/mol. The monoisotopic (exact) mass is 199 g/mol. The van der Waals surface area contributed by atoms with E-state index in [1.165, 1.54) is 12.1 Å². The zero-order chi connectivity index (χ0) is 10.4. The summed E-state index contributed by atoms with van der Waals surface area (Å²) in [5.41, 5.74) is 0.651. The molecule has 0 aliphatic heterocycles. The lowest BCUT2D eigenvalue weighted by Crippen LogP contribution is -2.14. The summed E-state index contributed by atoms with van der Waals surface area (Å²) < 4.78 is 25.5. The summed E-state index contributed by atoms with van der Waals surface area (Å²) in [4.78, 5) is 0. The Balaban J connectivity index is 2.42. The molecule has 78 valence electrons. The fraction of sp³-hybridized carbons (Fsp3) is 0.455. The molecular formula is C11H15F2N. The lowest BCUT2D eigenvalue weighted by Gasteiger charge is -2.04. The van der Waals surface area contributed by atoms with Crippen molar-refractivity contribution in [1.82, 2.24) is 5.32 Å². The average Bonchev–Trinajstić information content (AvgIpc) is 2.11. The van der Waals surface area contributed by atoms with E-state index in [9.17, 15) is 8.78 Å². The van der Waals surface area contributed by atoms with Gasteiger partial charge >= 0.3 is 0 Å². The Bertz CT molecular complexity index is 266. The quantitative estimate of drug-likeness (QED) is 0.719. The number of rotatable bonds is 5. The molecule has 3 heteroatoms. The minimum atomic E-state index is -0.516. The fourth-order valence-electron chi connectivity index (χ4n) is 1.25. The highest BCUT2D eigenvalue weighted by molar-refractivity contribution is 5.17. The molecule has 0 bridgehead atoms. The molecule has 0 atom stereocenters. The zero-order valence-electron chi connectivity index (χ0n) is 8.32. The molecule has 0 fully saturated rings. The molecule has 1 aromatic rings. The Kier molecular flexibility index (Phi) is 4.53. The van der Waals surface area contributed by atoms with Crippen LogP contribution >= 0.6 is 0 Å². The Morgan fingerprint density at radius 3 is 2.36 bits per heavy atom. The Hall–Kier alpha value is -0.960. The van der Waals surface area contributed by atoms with Gasteiger partial charge in [0.1, 0.15) is 11.6 Å². The van der Waals surface area contributed by atoms with Crippen molar-refractivity contribution in [3.8, 4) is 0 Å². The lowest BCUT2D eigenvalue weighted by molar-refractivity contribution is 0.573. The predicted molar refractivity (Wildman–Crippen MR) is 53.0 cm³/mol. The summed E-state index contributed by atoms with van der Waals surface area (Å²) in [5.74, 6) is -1.03. The predicted octanol–water partition coefficient (Wildman–Crippen LogP) is 2.85. The standard InChI is InChI=1S/C11H15F2N/c1-2-3-4-14-8-9-5-10(12)7-11(13)6-9/h5-7,14H,2-4,8H2,1H3. The van der Waals surface area contributed by atoms with Crippen LogP contribution in [-0.4, -0.2) is 6.54 Å². The molecule has 0 saturated heterocycles. The van der Waals surface area contributed by atoms with E-state index in [-0.39, 0.29) is 0 Å². The SMILES string of the molecule is CCCCNCc1cc(F)cc(F)c1. The van der Waals surface area contributed by atoms with Gasteiger partial charge in [-0.25, -0.2) is 8.78 Å². The van der Waals surface area contributed by atoms with E-state index in [1.807, 2.05) is 0 Å². The number of nitrogens with one attached hydrogen (secondary N) is 1. The first kappa shape index (κ1) is 11.1. The van der Waals surface area contributed by atoms with Gasteiger partial charge in [-0.3, -0.25) is 0 Å². The highest BCUT2D eigenvalue weighted by atomic mass is 19.1. The summed E-state index contributed by atoms with van der Waals surface area (Å²) in [6.45, 7) is 3.51. The third-order valence-electron chi connectivity index (χ3n) is 1.96. The lowest BCUT2D eigenvalue weighted by atomic mass is 10.2. The summed E-state index contributed by atoms with van der Waals surface area (Å²) in [6, 6.07) is 3.58. The van der Waals surface area contributed by atoms with E-state index in [0.717, 1.165) is 25.5 Å². The minimum Gasteiger partial charge on any atom is -0.313 e. The second-order valence-electron chi connectivity index (χ2n) is 3.31. The van der Waals surface area contributed by atoms with Crippen molar-refractivity contribution in [2.24, 2.45) is 0 Å². The van der Waals surface area contributed by atoms with Gasteiger partial charge < -0.3 is 5.32 Å². The van der Waals surface area contributed by atoms with E-state index in [2.05, 4.69) is 12.2 Å². The summed E-state index contributed by atoms with van der Waals surface area (Å²) in [5, 5.41) is 3.12. The first-order valence-electron chi connectivity index (χ1n) is 4.88. The van der Waals surface area contributed by atoms with Crippen molar-refractivity contribution in [2.45, 2.75) is 26.3 Å². The van der Waals surface area contributed by atoms with Crippen LogP contribution in [0.1, 0.15) is 25.3 Å². The summed E-state index contributed by atoms with van der Waals surface area (Å²) >= 11 is 0. The van der Waals surface area contributed by atoms with E-state index in [0.29, 0.717) is 12.1 Å². The van der Waals surface area contributed by atoms with Gasteiger partial charge in [0.2, 0.25) is 0 Å². The third kappa shape index (κ3) is 3.83. The van der Waals surface area contributed by atoms with E-state index >= 15 is 0 Å². The van der Waals surface area contributed by atoms with Crippen LogP contribution in [0.2, 0.25) is 0 Å². The number of unbranched alkanes of at least 4 members (excludes halogenated alkanes) is 1. The van der Waals surface area contributed by atoms with Gasteiger partial charge in [0.25, 0.3) is 0 Å². The second-order valence-corrected chi connectivity index (χ2v) is 3.31. The second kappa shape index (κ2) is 5.70. The maximum Gasteiger partial charge on any atom is 0.126 e. The first-order valence-corrected chi connectivity index (χ1v) is 4.88. The molecule has 1 nitrogen and oxygen atoms in total. The highest BCUT2D eigenvalue weighted by Gasteiger charge is 1.99. The molecule has 0 aliphatic rings. The van der Waals surface area contributed by atoms with Crippen molar-refractivity contribution in [2.75, 3.05) is 6.54 Å². The summed E-state index contributed by atoms with van der Waals surface area (Å²) in [7, 11) is 0. The molecule has 1 aromatic carbocycles. The fourth-order valence-corrected chi connectivity index (χ4v) is 1.25. The van der Waals surface area contributed by atoms with Gasteiger partial charge in [0.15, 0.2) is 0 Å². The van der Waals surface area contributed by atoms with E-state index < -0.39 is 11.6 Å².